The van der Waals surface area contributed by atoms with Gasteiger partial charge in [0.15, 0.2) is 0 Å². The summed E-state index contributed by atoms with van der Waals surface area (Å²) in [7, 11) is 0. The largest absolute Gasteiger partial charge is 0.506 e. The zero-order valence-electron chi connectivity index (χ0n) is 14.8. The monoisotopic (exact) mass is 392 g/mol. The van der Waals surface area contributed by atoms with Crippen molar-refractivity contribution in [2.75, 3.05) is 5.32 Å². The Morgan fingerprint density at radius 2 is 1.75 bits per heavy atom. The van der Waals surface area contributed by atoms with Gasteiger partial charge < -0.3 is 15.3 Å². The second-order valence-electron chi connectivity index (χ2n) is 6.55. The molecule has 3 aromatic rings. The first-order valence-electron chi connectivity index (χ1n) is 8.78. The Hall–Kier alpha value is -3.31. The Morgan fingerprint density at radius 1 is 1.04 bits per heavy atom. The van der Waals surface area contributed by atoms with Crippen molar-refractivity contribution in [3.05, 3.63) is 94.5 Å². The van der Waals surface area contributed by atoms with E-state index >= 15 is 0 Å². The van der Waals surface area contributed by atoms with Crippen LogP contribution in [0.2, 0.25) is 5.02 Å². The SMILES string of the molecule is O=C(Nc1cc(Cl)ccc1O)[C@H](c1ccccc1)N1Cc2ccccc2C1=O. The Bertz CT molecular complexity index is 1050. The van der Waals surface area contributed by atoms with Crippen LogP contribution in [-0.2, 0) is 11.3 Å². The molecule has 6 heteroatoms. The number of carbonyl (C=O) groups excluding carboxylic acids is 2. The van der Waals surface area contributed by atoms with Gasteiger partial charge in [-0.15, -0.1) is 0 Å². The van der Waals surface area contributed by atoms with E-state index in [1.165, 1.54) is 23.1 Å². The lowest BCUT2D eigenvalue weighted by Crippen LogP contribution is -2.37. The first-order chi connectivity index (χ1) is 13.5. The highest BCUT2D eigenvalue weighted by Gasteiger charge is 2.37. The summed E-state index contributed by atoms with van der Waals surface area (Å²) in [5.41, 5.74) is 2.36. The van der Waals surface area contributed by atoms with E-state index in [1.54, 1.807) is 18.2 Å². The molecule has 0 aliphatic carbocycles. The molecule has 0 radical (unpaired) electrons. The van der Waals surface area contributed by atoms with Crippen molar-refractivity contribution in [2.24, 2.45) is 0 Å². The number of nitrogens with one attached hydrogen (secondary N) is 1. The number of carbonyl (C=O) groups is 2. The van der Waals surface area contributed by atoms with Gasteiger partial charge in [-0.2, -0.15) is 0 Å². The highest BCUT2D eigenvalue weighted by Crippen LogP contribution is 2.34. The molecule has 140 valence electrons. The fraction of sp³-hybridized carbons (Fsp3) is 0.0909. The molecule has 1 aliphatic heterocycles. The van der Waals surface area contributed by atoms with Gasteiger partial charge in [0.05, 0.1) is 5.69 Å². The van der Waals surface area contributed by atoms with Gasteiger partial charge in [-0.1, -0.05) is 60.1 Å². The Balaban J connectivity index is 1.70. The fourth-order valence-corrected chi connectivity index (χ4v) is 3.58. The molecule has 0 unspecified atom stereocenters. The van der Waals surface area contributed by atoms with Crippen molar-refractivity contribution in [1.82, 2.24) is 4.90 Å². The summed E-state index contributed by atoms with van der Waals surface area (Å²) in [5, 5.41) is 13.1. The second kappa shape index (κ2) is 7.37. The van der Waals surface area contributed by atoms with Crippen LogP contribution >= 0.6 is 11.6 Å². The van der Waals surface area contributed by atoms with Gasteiger partial charge in [-0.3, -0.25) is 9.59 Å². The van der Waals surface area contributed by atoms with E-state index in [9.17, 15) is 14.7 Å². The van der Waals surface area contributed by atoms with Gasteiger partial charge in [0.2, 0.25) is 0 Å². The number of aromatic hydroxyl groups is 1. The van der Waals surface area contributed by atoms with Gasteiger partial charge in [-0.25, -0.2) is 0 Å². The molecule has 0 bridgehead atoms. The van der Waals surface area contributed by atoms with Crippen LogP contribution in [0.4, 0.5) is 5.69 Å². The average Bonchev–Trinajstić information content (AvgIpc) is 3.02. The summed E-state index contributed by atoms with van der Waals surface area (Å²) >= 11 is 5.98. The smallest absolute Gasteiger partial charge is 0.255 e. The minimum Gasteiger partial charge on any atom is -0.506 e. The Morgan fingerprint density at radius 3 is 2.50 bits per heavy atom. The van der Waals surface area contributed by atoms with E-state index in [0.29, 0.717) is 22.7 Å². The number of phenols is 1. The van der Waals surface area contributed by atoms with Gasteiger partial charge >= 0.3 is 0 Å². The maximum Gasteiger partial charge on any atom is 0.255 e. The van der Waals surface area contributed by atoms with E-state index in [2.05, 4.69) is 5.32 Å². The first kappa shape index (κ1) is 18.1. The van der Waals surface area contributed by atoms with Crippen LogP contribution in [0.25, 0.3) is 0 Å². The zero-order valence-corrected chi connectivity index (χ0v) is 15.6. The molecule has 0 aromatic heterocycles. The molecule has 0 fully saturated rings. The summed E-state index contributed by atoms with van der Waals surface area (Å²) in [6, 6.07) is 20.0. The highest BCUT2D eigenvalue weighted by molar-refractivity contribution is 6.31. The number of benzene rings is 3. The third kappa shape index (κ3) is 3.32. The van der Waals surface area contributed by atoms with E-state index in [-0.39, 0.29) is 17.3 Å². The van der Waals surface area contributed by atoms with E-state index < -0.39 is 11.9 Å². The Kier molecular flexibility index (Phi) is 4.75. The highest BCUT2D eigenvalue weighted by atomic mass is 35.5. The molecule has 0 saturated heterocycles. The van der Waals surface area contributed by atoms with Crippen LogP contribution in [0.3, 0.4) is 0 Å². The molecule has 2 N–H and O–H groups in total. The number of fused-ring (bicyclic) bond motifs is 1. The number of rotatable bonds is 4. The first-order valence-corrected chi connectivity index (χ1v) is 9.15. The van der Waals surface area contributed by atoms with Crippen LogP contribution in [-0.4, -0.2) is 21.8 Å². The predicted molar refractivity (Wildman–Crippen MR) is 107 cm³/mol. The van der Waals surface area contributed by atoms with Gasteiger partial charge in [-0.05, 0) is 35.4 Å². The summed E-state index contributed by atoms with van der Waals surface area (Å²) in [5.74, 6) is -0.722. The molecule has 0 saturated carbocycles. The van der Waals surface area contributed by atoms with Gasteiger partial charge in [0.25, 0.3) is 11.8 Å². The minimum absolute atomic E-state index is 0.0967. The lowest BCUT2D eigenvalue weighted by Gasteiger charge is -2.27. The molecule has 1 aliphatic rings. The van der Waals surface area contributed by atoms with Crippen molar-refractivity contribution in [2.45, 2.75) is 12.6 Å². The lowest BCUT2D eigenvalue weighted by molar-refractivity contribution is -0.120. The molecule has 2 amide bonds. The predicted octanol–water partition coefficient (Wildman–Crippen LogP) is 4.38. The van der Waals surface area contributed by atoms with Crippen LogP contribution in [0.5, 0.6) is 5.75 Å². The number of amides is 2. The molecule has 5 nitrogen and oxygen atoms in total. The van der Waals surface area contributed by atoms with Crippen molar-refractivity contribution in [3.8, 4) is 5.75 Å². The van der Waals surface area contributed by atoms with Gasteiger partial charge in [0.1, 0.15) is 11.8 Å². The maximum atomic E-state index is 13.2. The van der Waals surface area contributed by atoms with Gasteiger partial charge in [0, 0.05) is 17.1 Å². The third-order valence-electron chi connectivity index (χ3n) is 4.74. The molecule has 4 rings (SSSR count). The summed E-state index contributed by atoms with van der Waals surface area (Å²) < 4.78 is 0. The molecule has 1 atom stereocenters. The normalized spacial score (nSPS) is 13.9. The molecular formula is C22H17ClN2O3. The Labute approximate surface area is 167 Å². The number of nitrogens with zero attached hydrogens (tertiary/aromatic N) is 1. The van der Waals surface area contributed by atoms with Crippen molar-refractivity contribution in [1.29, 1.82) is 0 Å². The topological polar surface area (TPSA) is 69.6 Å². The molecule has 1 heterocycles. The summed E-state index contributed by atoms with van der Waals surface area (Å²) in [6.07, 6.45) is 0. The number of hydrogen-bond donors (Lipinski definition) is 2. The second-order valence-corrected chi connectivity index (χ2v) is 6.99. The van der Waals surface area contributed by atoms with Crippen molar-refractivity contribution < 1.29 is 14.7 Å². The molecular weight excluding hydrogens is 376 g/mol. The number of halogens is 1. The standard InChI is InChI=1S/C22H17ClN2O3/c23-16-10-11-19(26)18(12-16)24-21(27)20(14-6-2-1-3-7-14)25-13-15-8-4-5-9-17(15)22(25)28/h1-12,20,26H,13H2,(H,24,27)/t20-/m0/s1. The third-order valence-corrected chi connectivity index (χ3v) is 4.98. The molecule has 3 aromatic carbocycles. The van der Waals surface area contributed by atoms with E-state index in [1.807, 2.05) is 36.4 Å². The number of phenolic OH excluding ortho intramolecular Hbond substituents is 1. The lowest BCUT2D eigenvalue weighted by atomic mass is 10.0. The van der Waals surface area contributed by atoms with Crippen LogP contribution < -0.4 is 5.32 Å². The van der Waals surface area contributed by atoms with E-state index in [4.69, 9.17) is 11.6 Å². The fourth-order valence-electron chi connectivity index (χ4n) is 3.40. The number of hydrogen-bond acceptors (Lipinski definition) is 3. The minimum atomic E-state index is -0.848. The summed E-state index contributed by atoms with van der Waals surface area (Å²) in [4.78, 5) is 27.7. The molecule has 0 spiro atoms. The van der Waals surface area contributed by atoms with Crippen LogP contribution in [0.1, 0.15) is 27.5 Å². The maximum absolute atomic E-state index is 13.2. The van der Waals surface area contributed by atoms with Crippen LogP contribution in [0, 0.1) is 0 Å². The average molecular weight is 393 g/mol. The van der Waals surface area contributed by atoms with E-state index in [0.717, 1.165) is 5.56 Å². The number of anilines is 1. The summed E-state index contributed by atoms with van der Waals surface area (Å²) in [6.45, 7) is 0.337. The zero-order chi connectivity index (χ0) is 19.7. The molecule has 28 heavy (non-hydrogen) atoms. The van der Waals surface area contributed by atoms with Crippen molar-refractivity contribution in [3.63, 3.8) is 0 Å². The van der Waals surface area contributed by atoms with Crippen molar-refractivity contribution >= 4 is 29.1 Å². The van der Waals surface area contributed by atoms with Crippen LogP contribution in [0.15, 0.2) is 72.8 Å². The quantitative estimate of drug-likeness (QED) is 0.647.